The fourth-order valence-electron chi connectivity index (χ4n) is 3.67. The van der Waals surface area contributed by atoms with Crippen LogP contribution in [0.1, 0.15) is 43.4 Å². The summed E-state index contributed by atoms with van der Waals surface area (Å²) in [5.41, 5.74) is 7.18. The third-order valence-corrected chi connectivity index (χ3v) is 5.40. The molecule has 2 heterocycles. The van der Waals surface area contributed by atoms with Gasteiger partial charge in [-0.1, -0.05) is 12.1 Å². The van der Waals surface area contributed by atoms with Crippen LogP contribution >= 0.6 is 0 Å². The molecular weight excluding hydrogens is 442 g/mol. The van der Waals surface area contributed by atoms with Gasteiger partial charge >= 0.3 is 0 Å². The van der Waals surface area contributed by atoms with E-state index in [4.69, 9.17) is 11.0 Å². The number of nitriles is 1. The number of rotatable bonds is 5. The van der Waals surface area contributed by atoms with Gasteiger partial charge in [-0.25, -0.2) is 13.8 Å². The van der Waals surface area contributed by atoms with Crippen molar-refractivity contribution < 1.29 is 18.4 Å². The minimum Gasteiger partial charge on any atom is -0.366 e. The number of nitrogens with zero attached hydrogens (tertiary/aromatic N) is 4. The van der Waals surface area contributed by atoms with E-state index in [1.807, 2.05) is 6.07 Å². The number of pyridine rings is 1. The monoisotopic (exact) mass is 460 g/mol. The number of nitrogens with two attached hydrogens (primary N) is 1. The molecule has 2 aromatic carbocycles. The summed E-state index contributed by atoms with van der Waals surface area (Å²) in [6.07, 6.45) is 0. The molecule has 0 aliphatic heterocycles. The quantitative estimate of drug-likeness (QED) is 0.471. The van der Waals surface area contributed by atoms with Crippen molar-refractivity contribution in [2.45, 2.75) is 20.4 Å². The number of hydrogen-bond acceptors (Lipinski definition) is 5. The van der Waals surface area contributed by atoms with Gasteiger partial charge in [-0.05, 0) is 44.2 Å². The highest BCUT2D eigenvalue weighted by Gasteiger charge is 2.20. The number of aryl methyl sites for hydroxylation is 1. The lowest BCUT2D eigenvalue weighted by molar-refractivity contribution is 0.100. The molecule has 0 spiro atoms. The summed E-state index contributed by atoms with van der Waals surface area (Å²) in [5, 5.41) is 15.9. The molecule has 0 aliphatic rings. The Kier molecular flexibility index (Phi) is 5.77. The first-order valence-electron chi connectivity index (χ1n) is 10.1. The lowest BCUT2D eigenvalue weighted by Crippen LogP contribution is -2.18. The molecule has 170 valence electrons. The maximum absolute atomic E-state index is 14.3. The van der Waals surface area contributed by atoms with Crippen LogP contribution in [0.4, 0.5) is 14.5 Å². The van der Waals surface area contributed by atoms with Crippen molar-refractivity contribution in [2.75, 3.05) is 5.32 Å². The van der Waals surface area contributed by atoms with E-state index in [9.17, 15) is 18.4 Å². The highest BCUT2D eigenvalue weighted by molar-refractivity contribution is 6.10. The number of carbonyl (C=O) groups excluding carboxylic acids is 2. The molecule has 0 saturated heterocycles. The first kappa shape index (κ1) is 22.5. The van der Waals surface area contributed by atoms with Gasteiger partial charge in [0.2, 0.25) is 5.91 Å². The molecule has 0 unspecified atom stereocenters. The first-order chi connectivity index (χ1) is 16.2. The van der Waals surface area contributed by atoms with Gasteiger partial charge in [0.05, 0.1) is 46.3 Å². The maximum Gasteiger partial charge on any atom is 0.274 e. The van der Waals surface area contributed by atoms with E-state index in [1.165, 1.54) is 35.0 Å². The average Bonchev–Trinajstić information content (AvgIpc) is 3.07. The maximum atomic E-state index is 14.3. The van der Waals surface area contributed by atoms with E-state index in [0.29, 0.717) is 22.6 Å². The number of nitrogens with one attached hydrogen (secondary N) is 1. The van der Waals surface area contributed by atoms with E-state index in [2.05, 4.69) is 15.4 Å². The molecule has 0 fully saturated rings. The van der Waals surface area contributed by atoms with Gasteiger partial charge in [0.25, 0.3) is 5.91 Å². The fraction of sp³-hybridized carbons (Fsp3) is 0.125. The van der Waals surface area contributed by atoms with E-state index in [0.717, 1.165) is 12.1 Å². The summed E-state index contributed by atoms with van der Waals surface area (Å²) in [5.74, 6) is -2.75. The zero-order valence-electron chi connectivity index (χ0n) is 18.2. The van der Waals surface area contributed by atoms with E-state index in [1.54, 1.807) is 13.8 Å². The predicted molar refractivity (Wildman–Crippen MR) is 120 cm³/mol. The molecule has 0 atom stereocenters. The van der Waals surface area contributed by atoms with Crippen LogP contribution in [0.15, 0.2) is 42.5 Å². The summed E-state index contributed by atoms with van der Waals surface area (Å²) in [6.45, 7) is 3.46. The number of fused-ring (bicyclic) bond motifs is 1. The second-order valence-electron chi connectivity index (χ2n) is 7.63. The van der Waals surface area contributed by atoms with Crippen LogP contribution in [-0.4, -0.2) is 26.6 Å². The molecule has 34 heavy (non-hydrogen) atoms. The second-order valence-corrected chi connectivity index (χ2v) is 7.63. The van der Waals surface area contributed by atoms with Crippen LogP contribution in [0, 0.1) is 36.8 Å². The molecule has 8 nitrogen and oxygen atoms in total. The fourth-order valence-corrected chi connectivity index (χ4v) is 3.67. The van der Waals surface area contributed by atoms with Gasteiger partial charge in [-0.3, -0.25) is 14.3 Å². The van der Waals surface area contributed by atoms with Crippen molar-refractivity contribution in [3.63, 3.8) is 0 Å². The summed E-state index contributed by atoms with van der Waals surface area (Å²) < 4.78 is 30.1. The summed E-state index contributed by atoms with van der Waals surface area (Å²) in [7, 11) is 0. The Labute approximate surface area is 192 Å². The Morgan fingerprint density at radius 2 is 1.91 bits per heavy atom. The van der Waals surface area contributed by atoms with Crippen LogP contribution in [0.5, 0.6) is 0 Å². The Morgan fingerprint density at radius 1 is 1.15 bits per heavy atom. The van der Waals surface area contributed by atoms with Crippen molar-refractivity contribution in [1.82, 2.24) is 14.8 Å². The van der Waals surface area contributed by atoms with Crippen LogP contribution < -0.4 is 11.1 Å². The summed E-state index contributed by atoms with van der Waals surface area (Å²) >= 11 is 0. The zero-order valence-corrected chi connectivity index (χ0v) is 18.2. The highest BCUT2D eigenvalue weighted by Crippen LogP contribution is 2.25. The number of amides is 2. The number of primary amides is 1. The lowest BCUT2D eigenvalue weighted by atomic mass is 10.1. The molecule has 3 N–H and O–H groups in total. The molecule has 0 aliphatic carbocycles. The standard InChI is InChI=1S/C24H18F2N6O2/c1-12-22(13(2)32(31-12)11-15-7-6-14(10-27)8-18(15)26)30-24(34)20-9-16(23(28)33)21-17(25)4-3-5-19(21)29-20/h3-9H,11H2,1-2H3,(H2,28,33)(H,30,34). The third kappa shape index (κ3) is 4.06. The third-order valence-electron chi connectivity index (χ3n) is 5.40. The molecule has 10 heteroatoms. The first-order valence-corrected chi connectivity index (χ1v) is 10.1. The van der Waals surface area contributed by atoms with Crippen LogP contribution in [0.25, 0.3) is 10.9 Å². The number of anilines is 1. The van der Waals surface area contributed by atoms with Gasteiger partial charge in [0, 0.05) is 10.9 Å². The smallest absolute Gasteiger partial charge is 0.274 e. The topological polar surface area (TPSA) is 127 Å². The number of carbonyl (C=O) groups is 2. The van der Waals surface area contributed by atoms with Crippen molar-refractivity contribution in [3.05, 3.63) is 87.9 Å². The molecule has 4 rings (SSSR count). The number of benzene rings is 2. The van der Waals surface area contributed by atoms with E-state index >= 15 is 0 Å². The van der Waals surface area contributed by atoms with Gasteiger partial charge < -0.3 is 11.1 Å². The van der Waals surface area contributed by atoms with Crippen molar-refractivity contribution in [1.29, 1.82) is 5.26 Å². The largest absolute Gasteiger partial charge is 0.366 e. The Bertz CT molecular complexity index is 1520. The molecular formula is C24H18F2N6O2. The SMILES string of the molecule is Cc1nn(Cc2ccc(C#N)cc2F)c(C)c1NC(=O)c1cc(C(N)=O)c2c(F)cccc2n1. The van der Waals surface area contributed by atoms with Crippen molar-refractivity contribution >= 4 is 28.4 Å². The van der Waals surface area contributed by atoms with E-state index in [-0.39, 0.29) is 34.3 Å². The Balaban J connectivity index is 1.66. The minimum atomic E-state index is -0.892. The van der Waals surface area contributed by atoms with Gasteiger partial charge in [0.15, 0.2) is 0 Å². The van der Waals surface area contributed by atoms with Crippen LogP contribution in [-0.2, 0) is 6.54 Å². The molecule has 2 aromatic heterocycles. The highest BCUT2D eigenvalue weighted by atomic mass is 19.1. The molecule has 4 aromatic rings. The van der Waals surface area contributed by atoms with E-state index < -0.39 is 23.4 Å². The van der Waals surface area contributed by atoms with Gasteiger partial charge in [-0.2, -0.15) is 10.4 Å². The van der Waals surface area contributed by atoms with Gasteiger partial charge in [-0.15, -0.1) is 0 Å². The Morgan fingerprint density at radius 3 is 2.59 bits per heavy atom. The van der Waals surface area contributed by atoms with Crippen molar-refractivity contribution in [3.8, 4) is 6.07 Å². The number of hydrogen-bond donors (Lipinski definition) is 2. The lowest BCUT2D eigenvalue weighted by Gasteiger charge is -2.10. The number of aromatic nitrogens is 3. The van der Waals surface area contributed by atoms with Crippen LogP contribution in [0.2, 0.25) is 0 Å². The second kappa shape index (κ2) is 8.71. The van der Waals surface area contributed by atoms with Crippen molar-refractivity contribution in [2.24, 2.45) is 5.73 Å². The molecule has 0 bridgehead atoms. The average molecular weight is 460 g/mol. The molecule has 2 amide bonds. The normalized spacial score (nSPS) is 10.8. The van der Waals surface area contributed by atoms with Crippen LogP contribution in [0.3, 0.4) is 0 Å². The summed E-state index contributed by atoms with van der Waals surface area (Å²) in [6, 6.07) is 11.3. The zero-order chi connectivity index (χ0) is 24.6. The molecule has 0 radical (unpaired) electrons. The Hall–Kier alpha value is -4.65. The van der Waals surface area contributed by atoms with Gasteiger partial charge in [0.1, 0.15) is 17.3 Å². The number of halogens is 2. The predicted octanol–water partition coefficient (Wildman–Crippen LogP) is 3.60. The minimum absolute atomic E-state index is 0.0591. The summed E-state index contributed by atoms with van der Waals surface area (Å²) in [4.78, 5) is 29.0. The molecule has 0 saturated carbocycles.